The summed E-state index contributed by atoms with van der Waals surface area (Å²) < 4.78 is 4.77. The van der Waals surface area contributed by atoms with Crippen LogP contribution < -0.4 is 5.73 Å². The van der Waals surface area contributed by atoms with Gasteiger partial charge in [-0.25, -0.2) is 4.79 Å². The number of ether oxygens (including phenoxy) is 1. The number of carbonyl (C=O) groups is 2. The van der Waals surface area contributed by atoms with E-state index in [2.05, 4.69) is 18.7 Å². The van der Waals surface area contributed by atoms with Gasteiger partial charge in [-0.3, -0.25) is 9.69 Å². The highest BCUT2D eigenvalue weighted by Gasteiger charge is 2.65. The van der Waals surface area contributed by atoms with Crippen LogP contribution in [-0.2, 0) is 16.1 Å². The summed E-state index contributed by atoms with van der Waals surface area (Å²) in [5.74, 6) is -0.188. The molecule has 5 heteroatoms. The fourth-order valence-electron chi connectivity index (χ4n) is 4.62. The van der Waals surface area contributed by atoms with Gasteiger partial charge < -0.3 is 10.5 Å². The van der Waals surface area contributed by atoms with Crippen LogP contribution >= 0.6 is 0 Å². The fourth-order valence-corrected chi connectivity index (χ4v) is 4.62. The number of methoxy groups -OCH3 is 1. The molecule has 0 radical (unpaired) electrons. The molecule has 1 aliphatic carbocycles. The SMILES string of the molecule is COC(=O)c1cccc(CN2C[C@@H]3C(C)(C)C[C@]3(C(N)=O)C2)c1. The Morgan fingerprint density at radius 1 is 1.39 bits per heavy atom. The Morgan fingerprint density at radius 3 is 2.70 bits per heavy atom. The van der Waals surface area contributed by atoms with Crippen molar-refractivity contribution in [2.45, 2.75) is 26.8 Å². The van der Waals surface area contributed by atoms with Crippen molar-refractivity contribution in [3.05, 3.63) is 35.4 Å². The van der Waals surface area contributed by atoms with Crippen LogP contribution in [0.3, 0.4) is 0 Å². The van der Waals surface area contributed by atoms with E-state index in [1.165, 1.54) is 7.11 Å². The predicted octanol–water partition coefficient (Wildman–Crippen LogP) is 1.81. The molecule has 2 aliphatic rings. The fraction of sp³-hybridized carbons (Fsp3) is 0.556. The van der Waals surface area contributed by atoms with Crippen molar-refractivity contribution >= 4 is 11.9 Å². The van der Waals surface area contributed by atoms with E-state index < -0.39 is 0 Å². The van der Waals surface area contributed by atoms with Crippen LogP contribution in [0.4, 0.5) is 0 Å². The van der Waals surface area contributed by atoms with E-state index in [-0.39, 0.29) is 22.7 Å². The van der Waals surface area contributed by atoms with Crippen LogP contribution in [-0.4, -0.2) is 37.0 Å². The second kappa shape index (κ2) is 5.34. The molecule has 3 rings (SSSR count). The lowest BCUT2D eigenvalue weighted by Gasteiger charge is -2.54. The first kappa shape index (κ1) is 16.0. The average molecular weight is 316 g/mol. The van der Waals surface area contributed by atoms with Gasteiger partial charge in [0.25, 0.3) is 0 Å². The predicted molar refractivity (Wildman–Crippen MR) is 86.6 cm³/mol. The number of fused-ring (bicyclic) bond motifs is 1. The van der Waals surface area contributed by atoms with Crippen molar-refractivity contribution in [1.29, 1.82) is 0 Å². The van der Waals surface area contributed by atoms with Gasteiger partial charge in [0.1, 0.15) is 0 Å². The maximum atomic E-state index is 12.0. The van der Waals surface area contributed by atoms with Gasteiger partial charge in [-0.1, -0.05) is 26.0 Å². The van der Waals surface area contributed by atoms with E-state index in [1.807, 2.05) is 18.2 Å². The summed E-state index contributed by atoms with van der Waals surface area (Å²) in [6.45, 7) is 6.71. The first-order valence-corrected chi connectivity index (χ1v) is 7.98. The molecule has 1 saturated carbocycles. The van der Waals surface area contributed by atoms with Gasteiger partial charge in [-0.2, -0.15) is 0 Å². The number of rotatable bonds is 4. The molecule has 0 bridgehead atoms. The lowest BCUT2D eigenvalue weighted by molar-refractivity contribution is -0.148. The Labute approximate surface area is 136 Å². The Kier molecular flexibility index (Phi) is 3.71. The minimum Gasteiger partial charge on any atom is -0.465 e. The number of hydrogen-bond acceptors (Lipinski definition) is 4. The van der Waals surface area contributed by atoms with Gasteiger partial charge in [0, 0.05) is 19.6 Å². The molecule has 2 atom stereocenters. The third-order valence-electron chi connectivity index (χ3n) is 5.57. The summed E-state index contributed by atoms with van der Waals surface area (Å²) >= 11 is 0. The minimum atomic E-state index is -0.372. The zero-order valence-electron chi connectivity index (χ0n) is 14.0. The highest BCUT2D eigenvalue weighted by molar-refractivity contribution is 5.89. The molecular formula is C18H24N2O3. The first-order chi connectivity index (χ1) is 10.8. The number of primary amides is 1. The molecule has 2 N–H and O–H groups in total. The Balaban J connectivity index is 1.75. The molecule has 0 spiro atoms. The maximum Gasteiger partial charge on any atom is 0.337 e. The summed E-state index contributed by atoms with van der Waals surface area (Å²) in [6.07, 6.45) is 0.860. The molecule has 5 nitrogen and oxygen atoms in total. The molecule has 1 aliphatic heterocycles. The molecule has 1 aromatic carbocycles. The van der Waals surface area contributed by atoms with Gasteiger partial charge in [-0.05, 0) is 35.4 Å². The van der Waals surface area contributed by atoms with E-state index in [0.29, 0.717) is 24.6 Å². The molecule has 1 heterocycles. The lowest BCUT2D eigenvalue weighted by Crippen LogP contribution is -2.59. The van der Waals surface area contributed by atoms with Crippen LogP contribution in [0.2, 0.25) is 0 Å². The zero-order chi connectivity index (χ0) is 16.8. The van der Waals surface area contributed by atoms with Gasteiger partial charge in [0.05, 0.1) is 18.1 Å². The van der Waals surface area contributed by atoms with E-state index in [4.69, 9.17) is 10.5 Å². The third-order valence-corrected chi connectivity index (χ3v) is 5.57. The number of benzene rings is 1. The molecule has 2 fully saturated rings. The first-order valence-electron chi connectivity index (χ1n) is 7.98. The number of esters is 1. The summed E-state index contributed by atoms with van der Waals surface area (Å²) in [5, 5.41) is 0. The molecule has 1 aromatic rings. The van der Waals surface area contributed by atoms with Crippen molar-refractivity contribution in [1.82, 2.24) is 4.90 Å². The van der Waals surface area contributed by atoms with Gasteiger partial charge >= 0.3 is 5.97 Å². The van der Waals surface area contributed by atoms with Crippen LogP contribution in [0.25, 0.3) is 0 Å². The van der Waals surface area contributed by atoms with E-state index >= 15 is 0 Å². The monoisotopic (exact) mass is 316 g/mol. The summed E-state index contributed by atoms with van der Waals surface area (Å²) in [5.41, 5.74) is 7.10. The Morgan fingerprint density at radius 2 is 2.13 bits per heavy atom. The van der Waals surface area contributed by atoms with Crippen LogP contribution in [0.15, 0.2) is 24.3 Å². The van der Waals surface area contributed by atoms with E-state index in [9.17, 15) is 9.59 Å². The highest BCUT2D eigenvalue weighted by atomic mass is 16.5. The van der Waals surface area contributed by atoms with Crippen LogP contribution in [0.1, 0.15) is 36.2 Å². The Bertz CT molecular complexity index is 655. The Hall–Kier alpha value is -1.88. The normalized spacial score (nSPS) is 28.7. The minimum absolute atomic E-state index is 0.164. The summed E-state index contributed by atoms with van der Waals surface area (Å²) in [6, 6.07) is 7.46. The molecular weight excluding hydrogens is 292 g/mol. The third kappa shape index (κ3) is 2.53. The second-order valence-electron chi connectivity index (χ2n) is 7.60. The van der Waals surface area contributed by atoms with Crippen LogP contribution in [0.5, 0.6) is 0 Å². The quantitative estimate of drug-likeness (QED) is 0.860. The van der Waals surface area contributed by atoms with Gasteiger partial charge in [0.15, 0.2) is 0 Å². The van der Waals surface area contributed by atoms with Crippen LogP contribution in [0, 0.1) is 16.7 Å². The number of hydrogen-bond donors (Lipinski definition) is 1. The van der Waals surface area contributed by atoms with Crippen molar-refractivity contribution in [2.75, 3.05) is 20.2 Å². The van der Waals surface area contributed by atoms with Gasteiger partial charge in [0.2, 0.25) is 5.91 Å². The maximum absolute atomic E-state index is 12.0. The molecule has 124 valence electrons. The van der Waals surface area contributed by atoms with E-state index in [0.717, 1.165) is 18.5 Å². The molecule has 1 saturated heterocycles. The largest absolute Gasteiger partial charge is 0.465 e. The number of carbonyl (C=O) groups excluding carboxylic acids is 2. The van der Waals surface area contributed by atoms with E-state index in [1.54, 1.807) is 6.07 Å². The van der Waals surface area contributed by atoms with Crippen molar-refractivity contribution in [3.8, 4) is 0 Å². The standard InChI is InChI=1S/C18H24N2O3/c1-17(2)10-18(16(19)22)11-20(9-14(17)18)8-12-5-4-6-13(7-12)15(21)23-3/h4-7,14H,8-11H2,1-3H3,(H2,19,22)/t14-,18+/m1/s1. The molecule has 0 aromatic heterocycles. The smallest absolute Gasteiger partial charge is 0.337 e. The highest BCUT2D eigenvalue weighted by Crippen LogP contribution is 2.62. The average Bonchev–Trinajstić information content (AvgIpc) is 2.82. The summed E-state index contributed by atoms with van der Waals surface area (Å²) in [4.78, 5) is 25.9. The van der Waals surface area contributed by atoms with Crippen molar-refractivity contribution < 1.29 is 14.3 Å². The van der Waals surface area contributed by atoms with Crippen molar-refractivity contribution in [3.63, 3.8) is 0 Å². The lowest BCUT2D eigenvalue weighted by atomic mass is 9.48. The summed E-state index contributed by atoms with van der Waals surface area (Å²) in [7, 11) is 1.38. The molecule has 0 unspecified atom stereocenters. The van der Waals surface area contributed by atoms with Crippen molar-refractivity contribution in [2.24, 2.45) is 22.5 Å². The zero-order valence-corrected chi connectivity index (χ0v) is 14.0. The topological polar surface area (TPSA) is 72.6 Å². The number of likely N-dealkylation sites (tertiary alicyclic amines) is 1. The number of nitrogens with two attached hydrogens (primary N) is 1. The van der Waals surface area contributed by atoms with Gasteiger partial charge in [-0.15, -0.1) is 0 Å². The molecule has 1 amide bonds. The number of amides is 1. The number of nitrogens with zero attached hydrogens (tertiary/aromatic N) is 1. The molecule has 23 heavy (non-hydrogen) atoms. The second-order valence-corrected chi connectivity index (χ2v) is 7.60.